The Bertz CT molecular complexity index is 427. The molecule has 86 valence electrons. The van der Waals surface area contributed by atoms with Gasteiger partial charge in [-0.1, -0.05) is 0 Å². The first kappa shape index (κ1) is 12.2. The molecule has 5 nitrogen and oxygen atoms in total. The van der Waals surface area contributed by atoms with Gasteiger partial charge in [-0.05, 0) is 20.8 Å². The molecule has 0 aliphatic carbocycles. The fourth-order valence-corrected chi connectivity index (χ4v) is 1.10. The second-order valence-electron chi connectivity index (χ2n) is 3.19. The summed E-state index contributed by atoms with van der Waals surface area (Å²) in [4.78, 5) is 19.1. The smallest absolute Gasteiger partial charge is 0.356 e. The first-order chi connectivity index (χ1) is 7.56. The maximum atomic E-state index is 10.9. The second kappa shape index (κ2) is 5.25. The molecule has 1 rings (SSSR count). The second-order valence-corrected chi connectivity index (χ2v) is 3.19. The van der Waals surface area contributed by atoms with Crippen LogP contribution in [-0.2, 0) is 4.74 Å². The molecule has 0 fully saturated rings. The lowest BCUT2D eigenvalue weighted by Crippen LogP contribution is -2.08. The highest BCUT2D eigenvalue weighted by molar-refractivity contribution is 5.89. The standard InChI is InChI=1S/C11H14N2O3/c1-4-16-6-5-9-10(11(14)15)13-8(3)7(2)12-9/h5-6H,4H2,1-3H3,(H,14,15). The van der Waals surface area contributed by atoms with Gasteiger partial charge in [-0.3, -0.25) is 0 Å². The number of hydrogen-bond acceptors (Lipinski definition) is 4. The first-order valence-electron chi connectivity index (χ1n) is 4.93. The summed E-state index contributed by atoms with van der Waals surface area (Å²) in [5.74, 6) is -1.09. The van der Waals surface area contributed by atoms with Crippen molar-refractivity contribution in [2.24, 2.45) is 0 Å². The first-order valence-corrected chi connectivity index (χ1v) is 4.93. The topological polar surface area (TPSA) is 72.3 Å². The summed E-state index contributed by atoms with van der Waals surface area (Å²) in [6.45, 7) is 5.88. The largest absolute Gasteiger partial charge is 0.501 e. The molecule has 1 aromatic heterocycles. The third kappa shape index (κ3) is 2.79. The highest BCUT2D eigenvalue weighted by Gasteiger charge is 2.13. The summed E-state index contributed by atoms with van der Waals surface area (Å²) in [6, 6.07) is 0. The van der Waals surface area contributed by atoms with E-state index in [0.717, 1.165) is 0 Å². The number of aromatic carboxylic acids is 1. The number of carboxylic acid groups (broad SMARTS) is 1. The summed E-state index contributed by atoms with van der Waals surface area (Å²) in [5, 5.41) is 8.96. The summed E-state index contributed by atoms with van der Waals surface area (Å²) >= 11 is 0. The van der Waals surface area contributed by atoms with Crippen LogP contribution in [0.3, 0.4) is 0 Å². The van der Waals surface area contributed by atoms with E-state index in [9.17, 15) is 4.79 Å². The van der Waals surface area contributed by atoms with Crippen molar-refractivity contribution in [2.75, 3.05) is 6.61 Å². The number of nitrogens with zero attached hydrogens (tertiary/aromatic N) is 2. The number of aryl methyl sites for hydroxylation is 2. The molecule has 0 aliphatic rings. The van der Waals surface area contributed by atoms with Crippen LogP contribution in [0, 0.1) is 13.8 Å². The molecule has 0 saturated carbocycles. The third-order valence-electron chi connectivity index (χ3n) is 2.03. The maximum Gasteiger partial charge on any atom is 0.356 e. The van der Waals surface area contributed by atoms with E-state index < -0.39 is 5.97 Å². The molecular weight excluding hydrogens is 208 g/mol. The minimum Gasteiger partial charge on any atom is -0.501 e. The zero-order valence-corrected chi connectivity index (χ0v) is 9.52. The van der Waals surface area contributed by atoms with E-state index in [1.807, 2.05) is 6.92 Å². The van der Waals surface area contributed by atoms with Crippen molar-refractivity contribution < 1.29 is 14.6 Å². The van der Waals surface area contributed by atoms with Gasteiger partial charge in [0.1, 0.15) is 0 Å². The quantitative estimate of drug-likeness (QED) is 0.786. The van der Waals surface area contributed by atoms with Crippen LogP contribution in [-0.4, -0.2) is 27.7 Å². The summed E-state index contributed by atoms with van der Waals surface area (Å²) in [5.41, 5.74) is 1.58. The fraction of sp³-hybridized carbons (Fsp3) is 0.364. The molecule has 0 radical (unpaired) electrons. The van der Waals surface area contributed by atoms with E-state index in [4.69, 9.17) is 9.84 Å². The molecule has 0 spiro atoms. The van der Waals surface area contributed by atoms with Crippen LogP contribution >= 0.6 is 0 Å². The average Bonchev–Trinajstić information content (AvgIpc) is 2.23. The molecule has 0 unspecified atom stereocenters. The molecule has 1 N–H and O–H groups in total. The van der Waals surface area contributed by atoms with Crippen LogP contribution in [0.25, 0.3) is 6.08 Å². The number of rotatable bonds is 4. The van der Waals surface area contributed by atoms with Gasteiger partial charge in [-0.25, -0.2) is 14.8 Å². The Kier molecular flexibility index (Phi) is 3.99. The van der Waals surface area contributed by atoms with Gasteiger partial charge in [-0.15, -0.1) is 0 Å². The molecule has 0 atom stereocenters. The van der Waals surface area contributed by atoms with Crippen molar-refractivity contribution in [3.8, 4) is 0 Å². The van der Waals surface area contributed by atoms with Crippen LogP contribution in [0.15, 0.2) is 6.26 Å². The highest BCUT2D eigenvalue weighted by atomic mass is 16.5. The molecular formula is C11H14N2O3. The predicted molar refractivity (Wildman–Crippen MR) is 59.1 cm³/mol. The molecule has 16 heavy (non-hydrogen) atoms. The van der Waals surface area contributed by atoms with Gasteiger partial charge in [-0.2, -0.15) is 0 Å². The van der Waals surface area contributed by atoms with Crippen LogP contribution in [0.5, 0.6) is 0 Å². The number of carboxylic acids is 1. The van der Waals surface area contributed by atoms with E-state index in [1.165, 1.54) is 12.3 Å². The van der Waals surface area contributed by atoms with E-state index in [-0.39, 0.29) is 5.69 Å². The maximum absolute atomic E-state index is 10.9. The average molecular weight is 222 g/mol. The Labute approximate surface area is 93.8 Å². The van der Waals surface area contributed by atoms with Crippen molar-refractivity contribution >= 4 is 12.0 Å². The molecule has 1 aromatic rings. The Morgan fingerprint density at radius 1 is 1.38 bits per heavy atom. The number of hydrogen-bond donors (Lipinski definition) is 1. The summed E-state index contributed by atoms with van der Waals surface area (Å²) < 4.78 is 5.00. The number of ether oxygens (including phenoxy) is 1. The van der Waals surface area contributed by atoms with Crippen LogP contribution in [0.4, 0.5) is 0 Å². The van der Waals surface area contributed by atoms with Crippen LogP contribution in [0.2, 0.25) is 0 Å². The molecule has 0 aliphatic heterocycles. The van der Waals surface area contributed by atoms with Gasteiger partial charge >= 0.3 is 5.97 Å². The van der Waals surface area contributed by atoms with Gasteiger partial charge in [0.15, 0.2) is 5.69 Å². The Hall–Kier alpha value is -1.91. The Balaban J connectivity index is 3.14. The van der Waals surface area contributed by atoms with Crippen LogP contribution < -0.4 is 0 Å². The van der Waals surface area contributed by atoms with Gasteiger partial charge in [0.25, 0.3) is 0 Å². The van der Waals surface area contributed by atoms with Crippen LogP contribution in [0.1, 0.15) is 34.5 Å². The Morgan fingerprint density at radius 2 is 2.00 bits per heavy atom. The fourth-order valence-electron chi connectivity index (χ4n) is 1.10. The minimum atomic E-state index is -1.09. The van der Waals surface area contributed by atoms with Crippen molar-refractivity contribution in [3.05, 3.63) is 29.0 Å². The van der Waals surface area contributed by atoms with Crippen molar-refractivity contribution in [3.63, 3.8) is 0 Å². The van der Waals surface area contributed by atoms with Gasteiger partial charge < -0.3 is 9.84 Å². The molecule has 0 aromatic carbocycles. The van der Waals surface area contributed by atoms with E-state index in [1.54, 1.807) is 13.8 Å². The molecule has 0 bridgehead atoms. The lowest BCUT2D eigenvalue weighted by molar-refractivity contribution is 0.0689. The molecule has 5 heteroatoms. The van der Waals surface area contributed by atoms with Crippen molar-refractivity contribution in [1.82, 2.24) is 9.97 Å². The van der Waals surface area contributed by atoms with E-state index in [0.29, 0.717) is 23.7 Å². The number of carbonyl (C=O) groups is 1. The van der Waals surface area contributed by atoms with Gasteiger partial charge in [0.2, 0.25) is 0 Å². The molecule has 0 amide bonds. The zero-order valence-electron chi connectivity index (χ0n) is 9.52. The minimum absolute atomic E-state index is 0.0564. The summed E-state index contributed by atoms with van der Waals surface area (Å²) in [6.07, 6.45) is 2.93. The van der Waals surface area contributed by atoms with Gasteiger partial charge in [0, 0.05) is 6.08 Å². The zero-order chi connectivity index (χ0) is 12.1. The van der Waals surface area contributed by atoms with Gasteiger partial charge in [0.05, 0.1) is 30.0 Å². The third-order valence-corrected chi connectivity index (χ3v) is 2.03. The monoisotopic (exact) mass is 222 g/mol. The van der Waals surface area contributed by atoms with E-state index >= 15 is 0 Å². The SMILES string of the molecule is CCOC=Cc1nc(C)c(C)nc1C(=O)O. The molecule has 0 saturated heterocycles. The van der Waals surface area contributed by atoms with E-state index in [2.05, 4.69) is 9.97 Å². The lowest BCUT2D eigenvalue weighted by Gasteiger charge is -2.04. The summed E-state index contributed by atoms with van der Waals surface area (Å²) in [7, 11) is 0. The van der Waals surface area contributed by atoms with Crippen molar-refractivity contribution in [2.45, 2.75) is 20.8 Å². The van der Waals surface area contributed by atoms with Crippen molar-refractivity contribution in [1.29, 1.82) is 0 Å². The number of aromatic nitrogens is 2. The lowest BCUT2D eigenvalue weighted by atomic mass is 10.2. The normalized spacial score (nSPS) is 10.7. The highest BCUT2D eigenvalue weighted by Crippen LogP contribution is 2.10. The predicted octanol–water partition coefficient (Wildman–Crippen LogP) is 1.80. The molecule has 1 heterocycles. The Morgan fingerprint density at radius 3 is 2.56 bits per heavy atom.